The highest BCUT2D eigenvalue weighted by Crippen LogP contribution is 2.27. The first kappa shape index (κ1) is 13.2. The van der Waals surface area contributed by atoms with Gasteiger partial charge in [0.2, 0.25) is 0 Å². The van der Waals surface area contributed by atoms with E-state index in [2.05, 4.69) is 48.5 Å². The molecular formula is C15H20N2S. The van der Waals surface area contributed by atoms with Gasteiger partial charge in [-0.05, 0) is 12.0 Å². The molecule has 1 heterocycles. The van der Waals surface area contributed by atoms with Crippen LogP contribution in [0.15, 0.2) is 29.6 Å². The quantitative estimate of drug-likeness (QED) is 0.887. The van der Waals surface area contributed by atoms with E-state index >= 15 is 0 Å². The SMILES string of the molecule is CCCc1ccc(-c2nc(C(C)CN)cs2)cc1. The summed E-state index contributed by atoms with van der Waals surface area (Å²) in [6.45, 7) is 4.97. The molecular weight excluding hydrogens is 240 g/mol. The van der Waals surface area contributed by atoms with E-state index in [1.54, 1.807) is 11.3 Å². The lowest BCUT2D eigenvalue weighted by Gasteiger charge is -2.03. The first-order chi connectivity index (χ1) is 8.74. The van der Waals surface area contributed by atoms with Crippen molar-refractivity contribution in [2.75, 3.05) is 6.54 Å². The van der Waals surface area contributed by atoms with Crippen molar-refractivity contribution in [3.8, 4) is 10.6 Å². The van der Waals surface area contributed by atoms with Crippen molar-refractivity contribution in [1.29, 1.82) is 0 Å². The minimum absolute atomic E-state index is 0.342. The molecule has 2 nitrogen and oxygen atoms in total. The van der Waals surface area contributed by atoms with Crippen LogP contribution in [0.4, 0.5) is 0 Å². The van der Waals surface area contributed by atoms with Crippen LogP contribution in [0.5, 0.6) is 0 Å². The van der Waals surface area contributed by atoms with Gasteiger partial charge < -0.3 is 5.73 Å². The predicted molar refractivity (Wildman–Crippen MR) is 79.0 cm³/mol. The Kier molecular flexibility index (Phi) is 4.50. The van der Waals surface area contributed by atoms with Crippen LogP contribution in [0.25, 0.3) is 10.6 Å². The third-order valence-electron chi connectivity index (χ3n) is 3.12. The van der Waals surface area contributed by atoms with Gasteiger partial charge in [0.15, 0.2) is 0 Å². The van der Waals surface area contributed by atoms with E-state index < -0.39 is 0 Å². The largest absolute Gasteiger partial charge is 0.330 e. The molecule has 18 heavy (non-hydrogen) atoms. The van der Waals surface area contributed by atoms with E-state index in [1.165, 1.54) is 17.5 Å². The molecule has 0 fully saturated rings. The summed E-state index contributed by atoms with van der Waals surface area (Å²) in [5.41, 5.74) is 9.38. The topological polar surface area (TPSA) is 38.9 Å². The molecule has 0 saturated heterocycles. The summed E-state index contributed by atoms with van der Waals surface area (Å²) in [6.07, 6.45) is 2.34. The van der Waals surface area contributed by atoms with Gasteiger partial charge in [0, 0.05) is 23.4 Å². The molecule has 0 radical (unpaired) electrons. The van der Waals surface area contributed by atoms with Crippen LogP contribution in [-0.2, 0) is 6.42 Å². The van der Waals surface area contributed by atoms with Crippen molar-refractivity contribution < 1.29 is 0 Å². The maximum atomic E-state index is 5.67. The Labute approximate surface area is 113 Å². The van der Waals surface area contributed by atoms with Crippen LogP contribution in [0.3, 0.4) is 0 Å². The number of nitrogens with zero attached hydrogens (tertiary/aromatic N) is 1. The highest BCUT2D eigenvalue weighted by Gasteiger charge is 2.09. The van der Waals surface area contributed by atoms with Gasteiger partial charge in [0.05, 0.1) is 5.69 Å². The van der Waals surface area contributed by atoms with Crippen LogP contribution in [0.1, 0.15) is 37.4 Å². The fourth-order valence-electron chi connectivity index (χ4n) is 1.87. The van der Waals surface area contributed by atoms with Crippen LogP contribution >= 0.6 is 11.3 Å². The number of aryl methyl sites for hydroxylation is 1. The number of thiazole rings is 1. The van der Waals surface area contributed by atoms with Crippen LogP contribution in [-0.4, -0.2) is 11.5 Å². The second-order valence-corrected chi connectivity index (χ2v) is 5.52. The van der Waals surface area contributed by atoms with Crippen molar-refractivity contribution in [2.45, 2.75) is 32.6 Å². The number of benzene rings is 1. The zero-order valence-corrected chi connectivity index (χ0v) is 11.8. The molecule has 1 atom stereocenters. The first-order valence-corrected chi connectivity index (χ1v) is 7.37. The maximum absolute atomic E-state index is 5.67. The van der Waals surface area contributed by atoms with Gasteiger partial charge in [0.1, 0.15) is 5.01 Å². The molecule has 0 aliphatic heterocycles. The summed E-state index contributed by atoms with van der Waals surface area (Å²) < 4.78 is 0. The van der Waals surface area contributed by atoms with Crippen LogP contribution in [0, 0.1) is 0 Å². The standard InChI is InChI=1S/C15H20N2S/c1-3-4-12-5-7-13(8-6-12)15-17-14(10-18-15)11(2)9-16/h5-8,10-11H,3-4,9,16H2,1-2H3. The molecule has 96 valence electrons. The molecule has 1 aromatic heterocycles. The molecule has 0 spiro atoms. The lowest BCUT2D eigenvalue weighted by Crippen LogP contribution is -2.08. The summed E-state index contributed by atoms with van der Waals surface area (Å²) >= 11 is 1.70. The molecule has 0 saturated carbocycles. The van der Waals surface area contributed by atoms with Crippen LogP contribution in [0.2, 0.25) is 0 Å². The third-order valence-corrected chi connectivity index (χ3v) is 4.03. The highest BCUT2D eigenvalue weighted by molar-refractivity contribution is 7.13. The van der Waals surface area contributed by atoms with E-state index in [9.17, 15) is 0 Å². The summed E-state index contributed by atoms with van der Waals surface area (Å²) in [7, 11) is 0. The summed E-state index contributed by atoms with van der Waals surface area (Å²) in [5, 5.41) is 3.21. The zero-order chi connectivity index (χ0) is 13.0. The van der Waals surface area contributed by atoms with Crippen LogP contribution < -0.4 is 5.73 Å². The summed E-state index contributed by atoms with van der Waals surface area (Å²) in [4.78, 5) is 4.67. The minimum atomic E-state index is 0.342. The Balaban J connectivity index is 2.18. The Bertz CT molecular complexity index is 487. The number of hydrogen-bond acceptors (Lipinski definition) is 3. The number of rotatable bonds is 5. The Morgan fingerprint density at radius 2 is 2.00 bits per heavy atom. The molecule has 3 heteroatoms. The zero-order valence-electron chi connectivity index (χ0n) is 11.0. The molecule has 0 bridgehead atoms. The predicted octanol–water partition coefficient (Wildman–Crippen LogP) is 3.82. The van der Waals surface area contributed by atoms with Gasteiger partial charge in [-0.25, -0.2) is 4.98 Å². The van der Waals surface area contributed by atoms with Crippen molar-refractivity contribution in [1.82, 2.24) is 4.98 Å². The Hall–Kier alpha value is -1.19. The molecule has 0 aliphatic carbocycles. The minimum Gasteiger partial charge on any atom is -0.330 e. The second kappa shape index (κ2) is 6.12. The highest BCUT2D eigenvalue weighted by atomic mass is 32.1. The first-order valence-electron chi connectivity index (χ1n) is 6.49. The fraction of sp³-hybridized carbons (Fsp3) is 0.400. The average Bonchev–Trinajstić information content (AvgIpc) is 2.89. The van der Waals surface area contributed by atoms with E-state index in [4.69, 9.17) is 5.73 Å². The number of nitrogens with two attached hydrogens (primary N) is 1. The number of hydrogen-bond donors (Lipinski definition) is 1. The van der Waals surface area contributed by atoms with Gasteiger partial charge in [-0.15, -0.1) is 11.3 Å². The normalized spacial score (nSPS) is 12.6. The van der Waals surface area contributed by atoms with Gasteiger partial charge in [-0.3, -0.25) is 0 Å². The molecule has 2 rings (SSSR count). The lowest BCUT2D eigenvalue weighted by molar-refractivity contribution is 0.752. The fourth-order valence-corrected chi connectivity index (χ4v) is 2.82. The molecule has 2 aromatic rings. The van der Waals surface area contributed by atoms with E-state index in [0.717, 1.165) is 17.1 Å². The molecule has 0 amide bonds. The lowest BCUT2D eigenvalue weighted by atomic mass is 10.1. The van der Waals surface area contributed by atoms with Crippen molar-refractivity contribution in [2.24, 2.45) is 5.73 Å². The molecule has 2 N–H and O–H groups in total. The summed E-state index contributed by atoms with van der Waals surface area (Å²) in [5.74, 6) is 0.342. The van der Waals surface area contributed by atoms with Crippen molar-refractivity contribution >= 4 is 11.3 Å². The van der Waals surface area contributed by atoms with Gasteiger partial charge in [-0.2, -0.15) is 0 Å². The van der Waals surface area contributed by atoms with E-state index in [0.29, 0.717) is 12.5 Å². The Morgan fingerprint density at radius 1 is 1.28 bits per heavy atom. The second-order valence-electron chi connectivity index (χ2n) is 4.66. The maximum Gasteiger partial charge on any atom is 0.123 e. The Morgan fingerprint density at radius 3 is 2.61 bits per heavy atom. The molecule has 1 aromatic carbocycles. The third kappa shape index (κ3) is 2.98. The van der Waals surface area contributed by atoms with Gasteiger partial charge >= 0.3 is 0 Å². The van der Waals surface area contributed by atoms with Gasteiger partial charge in [0.25, 0.3) is 0 Å². The molecule has 1 unspecified atom stereocenters. The van der Waals surface area contributed by atoms with Crippen molar-refractivity contribution in [3.63, 3.8) is 0 Å². The monoisotopic (exact) mass is 260 g/mol. The van der Waals surface area contributed by atoms with Crippen molar-refractivity contribution in [3.05, 3.63) is 40.9 Å². The summed E-state index contributed by atoms with van der Waals surface area (Å²) in [6, 6.07) is 8.74. The smallest absolute Gasteiger partial charge is 0.123 e. The van der Waals surface area contributed by atoms with E-state index in [-0.39, 0.29) is 0 Å². The average molecular weight is 260 g/mol. The number of aromatic nitrogens is 1. The van der Waals surface area contributed by atoms with E-state index in [1.807, 2.05) is 0 Å². The van der Waals surface area contributed by atoms with Gasteiger partial charge in [-0.1, -0.05) is 44.5 Å². The molecule has 0 aliphatic rings.